The maximum absolute atomic E-state index is 12.3. The molecule has 2 heterocycles. The number of nitrogens with two attached hydrogens (primary N) is 1. The summed E-state index contributed by atoms with van der Waals surface area (Å²) in [6.45, 7) is 1.78. The van der Waals surface area contributed by atoms with Crippen molar-refractivity contribution in [2.24, 2.45) is 0 Å². The number of esters is 1. The Balaban J connectivity index is 1.57. The molecule has 1 aromatic rings. The van der Waals surface area contributed by atoms with Gasteiger partial charge < -0.3 is 25.4 Å². The molecule has 0 amide bonds. The molecular formula is C27H45N3O6. The first-order chi connectivity index (χ1) is 17.5. The maximum atomic E-state index is 12.3. The second-order valence-corrected chi connectivity index (χ2v) is 9.57. The summed E-state index contributed by atoms with van der Waals surface area (Å²) >= 11 is 0. The fraction of sp³-hybridized carbons (Fsp3) is 0.741. The summed E-state index contributed by atoms with van der Waals surface area (Å²) < 4.78 is 12.1. The molecule has 4 N–H and O–H groups in total. The van der Waals surface area contributed by atoms with Crippen LogP contribution >= 0.6 is 0 Å². The van der Waals surface area contributed by atoms with Crippen molar-refractivity contribution in [3.8, 4) is 0 Å². The van der Waals surface area contributed by atoms with E-state index < -0.39 is 42.8 Å². The fourth-order valence-corrected chi connectivity index (χ4v) is 4.41. The third-order valence-corrected chi connectivity index (χ3v) is 6.53. The van der Waals surface area contributed by atoms with Gasteiger partial charge in [0, 0.05) is 12.6 Å². The molecule has 0 aliphatic carbocycles. The lowest BCUT2D eigenvalue weighted by Crippen LogP contribution is -2.39. The van der Waals surface area contributed by atoms with Gasteiger partial charge >= 0.3 is 11.7 Å². The second kappa shape index (κ2) is 17.3. The van der Waals surface area contributed by atoms with E-state index in [9.17, 15) is 19.8 Å². The number of aromatic nitrogens is 2. The minimum absolute atomic E-state index is 0.0467. The number of aliphatic hydroxyl groups is 2. The van der Waals surface area contributed by atoms with Gasteiger partial charge in [0.2, 0.25) is 0 Å². The van der Waals surface area contributed by atoms with E-state index >= 15 is 0 Å². The number of hydrogen-bond acceptors (Lipinski definition) is 8. The molecule has 1 aliphatic rings. The van der Waals surface area contributed by atoms with E-state index in [1.165, 1.54) is 57.2 Å². The largest absolute Gasteiger partial charge is 0.457 e. The summed E-state index contributed by atoms with van der Waals surface area (Å²) in [6.07, 6.45) is 17.0. The Labute approximate surface area is 214 Å². The van der Waals surface area contributed by atoms with E-state index in [2.05, 4.69) is 24.1 Å². The van der Waals surface area contributed by atoms with Gasteiger partial charge in [0.05, 0.1) is 6.61 Å². The smallest absolute Gasteiger partial charge is 0.351 e. The highest BCUT2D eigenvalue weighted by Gasteiger charge is 2.47. The van der Waals surface area contributed by atoms with E-state index in [1.54, 1.807) is 0 Å². The van der Waals surface area contributed by atoms with Gasteiger partial charge in [-0.1, -0.05) is 70.4 Å². The van der Waals surface area contributed by atoms with Crippen molar-refractivity contribution in [3.05, 3.63) is 34.9 Å². The van der Waals surface area contributed by atoms with Gasteiger partial charge in [-0.25, -0.2) is 4.79 Å². The molecule has 36 heavy (non-hydrogen) atoms. The van der Waals surface area contributed by atoms with Crippen LogP contribution in [0.25, 0.3) is 0 Å². The van der Waals surface area contributed by atoms with Gasteiger partial charge in [-0.15, -0.1) is 0 Å². The van der Waals surface area contributed by atoms with Crippen molar-refractivity contribution in [3.63, 3.8) is 0 Å². The van der Waals surface area contributed by atoms with Crippen LogP contribution in [0.5, 0.6) is 0 Å². The van der Waals surface area contributed by atoms with Gasteiger partial charge in [0.1, 0.15) is 18.0 Å². The minimum atomic E-state index is -1.32. The third kappa shape index (κ3) is 10.4. The molecule has 1 aromatic heterocycles. The number of rotatable bonds is 18. The highest BCUT2D eigenvalue weighted by molar-refractivity contribution is 5.69. The molecule has 1 fully saturated rings. The molecule has 1 aliphatic heterocycles. The van der Waals surface area contributed by atoms with Crippen molar-refractivity contribution in [2.75, 3.05) is 12.3 Å². The second-order valence-electron chi connectivity index (χ2n) is 9.57. The lowest BCUT2D eigenvalue weighted by Gasteiger charge is -2.20. The highest BCUT2D eigenvalue weighted by atomic mass is 16.6. The van der Waals surface area contributed by atoms with Crippen LogP contribution in [-0.4, -0.2) is 50.7 Å². The molecule has 0 aromatic carbocycles. The zero-order chi connectivity index (χ0) is 26.2. The normalized spacial score (nSPS) is 21.9. The molecular weight excluding hydrogens is 462 g/mol. The minimum Gasteiger partial charge on any atom is -0.457 e. The van der Waals surface area contributed by atoms with Gasteiger partial charge in [-0.3, -0.25) is 9.36 Å². The molecule has 2 rings (SSSR count). The summed E-state index contributed by atoms with van der Waals surface area (Å²) in [5.74, 6) is -0.410. The summed E-state index contributed by atoms with van der Waals surface area (Å²) in [4.78, 5) is 28.0. The fourth-order valence-electron chi connectivity index (χ4n) is 4.41. The van der Waals surface area contributed by atoms with Gasteiger partial charge in [-0.05, 0) is 38.2 Å². The number of ether oxygens (including phenoxy) is 2. The van der Waals surface area contributed by atoms with Crippen molar-refractivity contribution < 1.29 is 24.5 Å². The Morgan fingerprint density at radius 1 is 1.08 bits per heavy atom. The van der Waals surface area contributed by atoms with E-state index in [4.69, 9.17) is 15.2 Å². The molecule has 1 saturated heterocycles. The Bertz CT molecular complexity index is 843. The van der Waals surface area contributed by atoms with E-state index in [0.29, 0.717) is 6.42 Å². The van der Waals surface area contributed by atoms with Crippen LogP contribution in [0.15, 0.2) is 29.2 Å². The van der Waals surface area contributed by atoms with E-state index in [0.717, 1.165) is 36.7 Å². The molecule has 204 valence electrons. The zero-order valence-electron chi connectivity index (χ0n) is 21.7. The third-order valence-electron chi connectivity index (χ3n) is 6.53. The summed E-state index contributed by atoms with van der Waals surface area (Å²) in [7, 11) is 0. The van der Waals surface area contributed by atoms with Crippen LogP contribution in [0.2, 0.25) is 0 Å². The molecule has 0 bridgehead atoms. The molecule has 0 saturated carbocycles. The number of anilines is 1. The number of hydrogen-bond donors (Lipinski definition) is 3. The molecule has 9 nitrogen and oxygen atoms in total. The zero-order valence-corrected chi connectivity index (χ0v) is 21.7. The van der Waals surface area contributed by atoms with Crippen LogP contribution in [-0.2, 0) is 14.3 Å². The van der Waals surface area contributed by atoms with Gasteiger partial charge in [0.25, 0.3) is 0 Å². The number of allylic oxidation sites excluding steroid dienone is 2. The first-order valence-corrected chi connectivity index (χ1v) is 13.6. The number of carbonyl (C=O) groups is 1. The van der Waals surface area contributed by atoms with Crippen molar-refractivity contribution >= 4 is 11.8 Å². The number of nitrogen functional groups attached to an aromatic ring is 1. The van der Waals surface area contributed by atoms with Crippen LogP contribution in [0.3, 0.4) is 0 Å². The Kier molecular flexibility index (Phi) is 14.4. The van der Waals surface area contributed by atoms with Gasteiger partial charge in [0.15, 0.2) is 12.3 Å². The predicted molar refractivity (Wildman–Crippen MR) is 139 cm³/mol. The molecule has 9 heteroatoms. The Morgan fingerprint density at radius 2 is 1.69 bits per heavy atom. The van der Waals surface area contributed by atoms with E-state index in [-0.39, 0.29) is 12.2 Å². The lowest BCUT2D eigenvalue weighted by molar-refractivity contribution is -0.156. The monoisotopic (exact) mass is 507 g/mol. The van der Waals surface area contributed by atoms with Gasteiger partial charge in [-0.2, -0.15) is 4.98 Å². The molecule has 0 spiro atoms. The lowest BCUT2D eigenvalue weighted by atomic mass is 10.1. The van der Waals surface area contributed by atoms with Crippen LogP contribution in [0.4, 0.5) is 5.82 Å². The Hall–Kier alpha value is -2.23. The quantitative estimate of drug-likeness (QED) is 0.154. The number of aliphatic hydroxyl groups excluding tert-OH is 2. The molecule has 0 radical (unpaired) electrons. The SMILES string of the molecule is CCCCCCCC/C=C\CCCCCCCC(=O)O[C@H]1[C@H](O)[C@H](n2ccc(N)nc2=O)O[C@@H]1CO. The maximum Gasteiger partial charge on any atom is 0.351 e. The number of unbranched alkanes of at least 4 members (excludes halogenated alkanes) is 11. The number of carbonyl (C=O) groups excluding carboxylic acids is 1. The standard InChI is InChI=1S/C27H45N3O6/c1-2-3-4-5-6-7-8-9-10-11-12-13-14-15-16-17-23(32)36-25-21(20-31)35-26(24(25)33)30-19-18-22(28)29-27(30)34/h9-10,18-19,21,24-26,31,33H,2-8,11-17,20H2,1H3,(H2,28,29,34)/b10-9-/t21-,24+,25-,26-/m1/s1. The summed E-state index contributed by atoms with van der Waals surface area (Å²) in [5.41, 5.74) is 4.80. The first kappa shape index (κ1) is 30.0. The van der Waals surface area contributed by atoms with Crippen molar-refractivity contribution in [1.29, 1.82) is 0 Å². The van der Waals surface area contributed by atoms with Crippen LogP contribution in [0.1, 0.15) is 103 Å². The molecule has 4 atom stereocenters. The van der Waals surface area contributed by atoms with Crippen molar-refractivity contribution in [1.82, 2.24) is 9.55 Å². The highest BCUT2D eigenvalue weighted by Crippen LogP contribution is 2.30. The van der Waals surface area contributed by atoms with Crippen LogP contribution < -0.4 is 11.4 Å². The summed E-state index contributed by atoms with van der Waals surface area (Å²) in [6, 6.07) is 1.40. The van der Waals surface area contributed by atoms with Crippen LogP contribution in [0, 0.1) is 0 Å². The van der Waals surface area contributed by atoms with Crippen molar-refractivity contribution in [2.45, 2.75) is 121 Å². The predicted octanol–water partition coefficient (Wildman–Crippen LogP) is 4.03. The summed E-state index contributed by atoms with van der Waals surface area (Å²) in [5, 5.41) is 20.2. The average Bonchev–Trinajstić information content (AvgIpc) is 3.16. The number of nitrogens with zero attached hydrogens (tertiary/aromatic N) is 2. The molecule has 0 unspecified atom stereocenters. The first-order valence-electron chi connectivity index (χ1n) is 13.6. The van der Waals surface area contributed by atoms with E-state index in [1.807, 2.05) is 0 Å². The topological polar surface area (TPSA) is 137 Å². The average molecular weight is 508 g/mol. The Morgan fingerprint density at radius 3 is 2.31 bits per heavy atom.